The summed E-state index contributed by atoms with van der Waals surface area (Å²) >= 11 is 0. The average Bonchev–Trinajstić information content (AvgIpc) is 2.38. The number of likely N-dealkylation sites (tertiary alicyclic amines) is 1. The van der Waals surface area contributed by atoms with Gasteiger partial charge in [0.2, 0.25) is 0 Å². The van der Waals surface area contributed by atoms with E-state index in [9.17, 15) is 4.79 Å². The van der Waals surface area contributed by atoms with Gasteiger partial charge in [-0.3, -0.25) is 0 Å². The summed E-state index contributed by atoms with van der Waals surface area (Å²) in [4.78, 5) is 13.9. The number of hydrogen-bond donors (Lipinski definition) is 1. The van der Waals surface area contributed by atoms with Crippen molar-refractivity contribution >= 4 is 11.8 Å². The van der Waals surface area contributed by atoms with Crippen molar-refractivity contribution in [2.24, 2.45) is 0 Å². The first-order valence-electron chi connectivity index (χ1n) is 7.18. The Morgan fingerprint density at radius 1 is 1.30 bits per heavy atom. The number of piperidine rings is 1. The number of carbonyl (C=O) groups is 1. The maximum Gasteiger partial charge on any atom is 0.410 e. The van der Waals surface area contributed by atoms with E-state index in [4.69, 9.17) is 10.5 Å². The van der Waals surface area contributed by atoms with Gasteiger partial charge in [-0.1, -0.05) is 12.1 Å². The number of nitrogen functional groups attached to an aromatic ring is 1. The molecule has 1 aliphatic heterocycles. The SMILES string of the molecule is CC(C)(C)OC(=O)N1CCC[C@H](c2ccc(N)cc2)C1. The Hall–Kier alpha value is -1.71. The van der Waals surface area contributed by atoms with E-state index in [1.807, 2.05) is 37.8 Å². The Morgan fingerprint density at radius 2 is 1.95 bits per heavy atom. The monoisotopic (exact) mass is 276 g/mol. The smallest absolute Gasteiger partial charge is 0.410 e. The second-order valence-electron chi connectivity index (χ2n) is 6.43. The molecule has 0 radical (unpaired) electrons. The first-order valence-corrected chi connectivity index (χ1v) is 7.18. The molecule has 2 rings (SSSR count). The number of ether oxygens (including phenoxy) is 1. The molecule has 110 valence electrons. The van der Waals surface area contributed by atoms with Crippen molar-refractivity contribution in [3.8, 4) is 0 Å². The molecule has 1 aromatic rings. The maximum atomic E-state index is 12.1. The van der Waals surface area contributed by atoms with E-state index < -0.39 is 5.60 Å². The number of carbonyl (C=O) groups excluding carboxylic acids is 1. The third kappa shape index (κ3) is 3.89. The van der Waals surface area contributed by atoms with Crippen LogP contribution in [0.1, 0.15) is 45.1 Å². The average molecular weight is 276 g/mol. The van der Waals surface area contributed by atoms with Gasteiger partial charge < -0.3 is 15.4 Å². The van der Waals surface area contributed by atoms with E-state index in [0.29, 0.717) is 5.92 Å². The quantitative estimate of drug-likeness (QED) is 0.800. The van der Waals surface area contributed by atoms with Gasteiger partial charge in [-0.25, -0.2) is 4.79 Å². The minimum absolute atomic E-state index is 0.211. The molecule has 0 unspecified atom stereocenters. The lowest BCUT2D eigenvalue weighted by Gasteiger charge is -2.34. The Labute approximate surface area is 120 Å². The summed E-state index contributed by atoms with van der Waals surface area (Å²) < 4.78 is 5.45. The summed E-state index contributed by atoms with van der Waals surface area (Å²) in [5.41, 5.74) is 7.29. The van der Waals surface area contributed by atoms with Crippen LogP contribution in [0.4, 0.5) is 10.5 Å². The Morgan fingerprint density at radius 3 is 2.55 bits per heavy atom. The Bertz CT molecular complexity index is 462. The highest BCUT2D eigenvalue weighted by Crippen LogP contribution is 2.28. The van der Waals surface area contributed by atoms with Gasteiger partial charge >= 0.3 is 6.09 Å². The molecule has 1 atom stereocenters. The van der Waals surface area contributed by atoms with Gasteiger partial charge in [0.1, 0.15) is 5.60 Å². The van der Waals surface area contributed by atoms with Crippen molar-refractivity contribution in [1.29, 1.82) is 0 Å². The molecular weight excluding hydrogens is 252 g/mol. The van der Waals surface area contributed by atoms with Crippen LogP contribution in [0.2, 0.25) is 0 Å². The van der Waals surface area contributed by atoms with E-state index in [0.717, 1.165) is 31.6 Å². The molecule has 4 heteroatoms. The van der Waals surface area contributed by atoms with Crippen molar-refractivity contribution < 1.29 is 9.53 Å². The summed E-state index contributed by atoms with van der Waals surface area (Å²) in [6, 6.07) is 7.95. The first kappa shape index (κ1) is 14.7. The summed E-state index contributed by atoms with van der Waals surface area (Å²) in [5.74, 6) is 0.372. The van der Waals surface area contributed by atoms with Crippen LogP contribution in [0.25, 0.3) is 0 Å². The van der Waals surface area contributed by atoms with E-state index in [-0.39, 0.29) is 6.09 Å². The molecule has 2 N–H and O–H groups in total. The predicted molar refractivity (Wildman–Crippen MR) is 80.6 cm³/mol. The molecule has 1 amide bonds. The van der Waals surface area contributed by atoms with Crippen molar-refractivity contribution in [2.45, 2.75) is 45.1 Å². The molecule has 20 heavy (non-hydrogen) atoms. The Kier molecular flexibility index (Phi) is 4.21. The van der Waals surface area contributed by atoms with Gasteiger partial charge in [-0.05, 0) is 51.3 Å². The number of nitrogens with zero attached hydrogens (tertiary/aromatic N) is 1. The minimum atomic E-state index is -0.439. The van der Waals surface area contributed by atoms with Crippen molar-refractivity contribution in [2.75, 3.05) is 18.8 Å². The van der Waals surface area contributed by atoms with Crippen LogP contribution in [0, 0.1) is 0 Å². The highest BCUT2D eigenvalue weighted by molar-refractivity contribution is 5.68. The van der Waals surface area contributed by atoms with E-state index in [1.165, 1.54) is 5.56 Å². The van der Waals surface area contributed by atoms with Crippen LogP contribution in [0.3, 0.4) is 0 Å². The molecule has 1 aliphatic rings. The van der Waals surface area contributed by atoms with Crippen molar-refractivity contribution in [3.63, 3.8) is 0 Å². The lowest BCUT2D eigenvalue weighted by atomic mass is 9.91. The maximum absolute atomic E-state index is 12.1. The van der Waals surface area contributed by atoms with Gasteiger partial charge in [0.05, 0.1) is 0 Å². The number of anilines is 1. The van der Waals surface area contributed by atoms with Gasteiger partial charge in [0, 0.05) is 24.7 Å². The molecule has 0 bridgehead atoms. The summed E-state index contributed by atoms with van der Waals surface area (Å²) in [6.07, 6.45) is 1.90. The van der Waals surface area contributed by atoms with Crippen LogP contribution in [0.5, 0.6) is 0 Å². The van der Waals surface area contributed by atoms with Gasteiger partial charge in [0.25, 0.3) is 0 Å². The number of rotatable bonds is 1. The van der Waals surface area contributed by atoms with Crippen LogP contribution < -0.4 is 5.73 Å². The first-order chi connectivity index (χ1) is 9.35. The third-order valence-electron chi connectivity index (χ3n) is 3.48. The molecular formula is C16H24N2O2. The zero-order valence-corrected chi connectivity index (χ0v) is 12.6. The number of benzene rings is 1. The largest absolute Gasteiger partial charge is 0.444 e. The van der Waals surface area contributed by atoms with Gasteiger partial charge in [-0.2, -0.15) is 0 Å². The topological polar surface area (TPSA) is 55.6 Å². The van der Waals surface area contributed by atoms with Crippen LogP contribution >= 0.6 is 0 Å². The lowest BCUT2D eigenvalue weighted by Crippen LogP contribution is -2.42. The van der Waals surface area contributed by atoms with E-state index in [2.05, 4.69) is 12.1 Å². The second-order valence-corrected chi connectivity index (χ2v) is 6.43. The fraction of sp³-hybridized carbons (Fsp3) is 0.562. The molecule has 0 aliphatic carbocycles. The second kappa shape index (κ2) is 5.73. The van der Waals surface area contributed by atoms with E-state index in [1.54, 1.807) is 0 Å². The molecule has 1 heterocycles. The number of hydrogen-bond acceptors (Lipinski definition) is 3. The zero-order chi connectivity index (χ0) is 14.8. The number of nitrogens with two attached hydrogens (primary N) is 1. The molecule has 1 fully saturated rings. The lowest BCUT2D eigenvalue weighted by molar-refractivity contribution is 0.0198. The fourth-order valence-electron chi connectivity index (χ4n) is 2.51. The van der Waals surface area contributed by atoms with E-state index >= 15 is 0 Å². The molecule has 0 saturated carbocycles. The van der Waals surface area contributed by atoms with Gasteiger partial charge in [0.15, 0.2) is 0 Å². The summed E-state index contributed by atoms with van der Waals surface area (Å²) in [6.45, 7) is 7.18. The summed E-state index contributed by atoms with van der Waals surface area (Å²) in [5, 5.41) is 0. The fourth-order valence-corrected chi connectivity index (χ4v) is 2.51. The minimum Gasteiger partial charge on any atom is -0.444 e. The zero-order valence-electron chi connectivity index (χ0n) is 12.6. The summed E-state index contributed by atoms with van der Waals surface area (Å²) in [7, 11) is 0. The third-order valence-corrected chi connectivity index (χ3v) is 3.48. The van der Waals surface area contributed by atoms with Crippen molar-refractivity contribution in [1.82, 2.24) is 4.90 Å². The molecule has 4 nitrogen and oxygen atoms in total. The predicted octanol–water partition coefficient (Wildman–Crippen LogP) is 3.38. The van der Waals surface area contributed by atoms with Crippen LogP contribution in [-0.2, 0) is 4.74 Å². The van der Waals surface area contributed by atoms with Crippen LogP contribution in [0.15, 0.2) is 24.3 Å². The highest BCUT2D eigenvalue weighted by atomic mass is 16.6. The molecule has 1 saturated heterocycles. The molecule has 0 spiro atoms. The standard InChI is InChI=1S/C16H24N2O2/c1-16(2,3)20-15(19)18-10-4-5-13(11-18)12-6-8-14(17)9-7-12/h6-9,13H,4-5,10-11,17H2,1-3H3/t13-/m0/s1. The van der Waals surface area contributed by atoms with Crippen LogP contribution in [-0.4, -0.2) is 29.7 Å². The number of amides is 1. The normalized spacial score (nSPS) is 19.8. The Balaban J connectivity index is 2.01. The molecule has 0 aromatic heterocycles. The van der Waals surface area contributed by atoms with Crippen molar-refractivity contribution in [3.05, 3.63) is 29.8 Å². The van der Waals surface area contributed by atoms with Gasteiger partial charge in [-0.15, -0.1) is 0 Å². The highest BCUT2D eigenvalue weighted by Gasteiger charge is 2.28. The molecule has 1 aromatic carbocycles.